The molecule has 102 valence electrons. The van der Waals surface area contributed by atoms with Gasteiger partial charge in [-0.15, -0.1) is 0 Å². The van der Waals surface area contributed by atoms with Crippen molar-refractivity contribution in [1.29, 1.82) is 0 Å². The quantitative estimate of drug-likeness (QED) is 0.818. The molecule has 0 N–H and O–H groups in total. The largest absolute Gasteiger partial charge is 0.347 e. The summed E-state index contributed by atoms with van der Waals surface area (Å²) in [4.78, 5) is 25.0. The molecule has 0 aliphatic carbocycles. The van der Waals surface area contributed by atoms with E-state index in [0.717, 1.165) is 30.0 Å². The van der Waals surface area contributed by atoms with Crippen molar-refractivity contribution in [2.24, 2.45) is 0 Å². The van der Waals surface area contributed by atoms with Crippen LogP contribution in [-0.2, 0) is 6.54 Å². The highest BCUT2D eigenvalue weighted by atomic mass is 32.2. The lowest BCUT2D eigenvalue weighted by Gasteiger charge is -2.30. The van der Waals surface area contributed by atoms with Gasteiger partial charge in [-0.25, -0.2) is 9.97 Å². The minimum absolute atomic E-state index is 0.109. The Bertz CT molecular complexity index is 499. The standard InChI is InChI=1S/C13H18N4OS/c1-16(2)13-14-7-10-11(15-13)8-17(12(10)18)9-3-5-19-6-4-9/h7,9H,3-6,8H2,1-2H3. The molecule has 1 saturated heterocycles. The monoisotopic (exact) mass is 278 g/mol. The second kappa shape index (κ2) is 5.00. The number of aromatic nitrogens is 2. The minimum atomic E-state index is 0.109. The summed E-state index contributed by atoms with van der Waals surface area (Å²) in [6.45, 7) is 0.646. The third-order valence-electron chi connectivity index (χ3n) is 3.70. The molecule has 0 bridgehead atoms. The Morgan fingerprint density at radius 1 is 1.37 bits per heavy atom. The molecule has 6 heteroatoms. The van der Waals surface area contributed by atoms with Crippen LogP contribution in [-0.4, -0.2) is 52.4 Å². The van der Waals surface area contributed by atoms with E-state index in [1.807, 2.05) is 35.7 Å². The van der Waals surface area contributed by atoms with Crippen LogP contribution in [0.1, 0.15) is 28.9 Å². The van der Waals surface area contributed by atoms with Gasteiger partial charge in [0.15, 0.2) is 0 Å². The molecule has 0 unspecified atom stereocenters. The first-order valence-electron chi connectivity index (χ1n) is 6.59. The van der Waals surface area contributed by atoms with Crippen LogP contribution in [0.15, 0.2) is 6.20 Å². The molecule has 0 saturated carbocycles. The number of carbonyl (C=O) groups excluding carboxylic acids is 1. The predicted octanol–water partition coefficient (Wildman–Crippen LogP) is 1.39. The van der Waals surface area contributed by atoms with Crippen molar-refractivity contribution in [1.82, 2.24) is 14.9 Å². The summed E-state index contributed by atoms with van der Waals surface area (Å²) in [5.41, 5.74) is 1.56. The molecular weight excluding hydrogens is 260 g/mol. The maximum absolute atomic E-state index is 12.4. The van der Waals surface area contributed by atoms with Crippen LogP contribution >= 0.6 is 11.8 Å². The fourth-order valence-corrected chi connectivity index (χ4v) is 3.68. The molecule has 3 rings (SSSR count). The predicted molar refractivity (Wildman–Crippen MR) is 76.6 cm³/mol. The smallest absolute Gasteiger partial charge is 0.257 e. The van der Waals surface area contributed by atoms with Crippen LogP contribution in [0.4, 0.5) is 5.95 Å². The van der Waals surface area contributed by atoms with E-state index in [2.05, 4.69) is 9.97 Å². The molecule has 0 aromatic carbocycles. The fraction of sp³-hybridized carbons (Fsp3) is 0.615. The average Bonchev–Trinajstić information content (AvgIpc) is 2.76. The van der Waals surface area contributed by atoms with Gasteiger partial charge in [0.1, 0.15) is 0 Å². The molecule has 3 heterocycles. The van der Waals surface area contributed by atoms with Crippen molar-refractivity contribution in [2.75, 3.05) is 30.5 Å². The zero-order valence-corrected chi connectivity index (χ0v) is 12.1. The van der Waals surface area contributed by atoms with Crippen molar-refractivity contribution in [2.45, 2.75) is 25.4 Å². The van der Waals surface area contributed by atoms with Gasteiger partial charge in [0, 0.05) is 26.3 Å². The average molecular weight is 278 g/mol. The Balaban J connectivity index is 1.84. The third-order valence-corrected chi connectivity index (χ3v) is 4.75. The number of amides is 1. The van der Waals surface area contributed by atoms with Gasteiger partial charge in [-0.3, -0.25) is 4.79 Å². The first kappa shape index (κ1) is 12.7. The number of thioether (sulfide) groups is 1. The molecular formula is C13H18N4OS. The Morgan fingerprint density at radius 3 is 2.79 bits per heavy atom. The molecule has 0 radical (unpaired) electrons. The van der Waals surface area contributed by atoms with Crippen molar-refractivity contribution in [3.8, 4) is 0 Å². The van der Waals surface area contributed by atoms with Gasteiger partial charge in [0.25, 0.3) is 5.91 Å². The first-order valence-corrected chi connectivity index (χ1v) is 7.74. The van der Waals surface area contributed by atoms with Crippen LogP contribution in [0.5, 0.6) is 0 Å². The second-order valence-electron chi connectivity index (χ2n) is 5.20. The minimum Gasteiger partial charge on any atom is -0.347 e. The number of carbonyl (C=O) groups is 1. The topological polar surface area (TPSA) is 49.3 Å². The van der Waals surface area contributed by atoms with E-state index < -0.39 is 0 Å². The lowest BCUT2D eigenvalue weighted by Crippen LogP contribution is -2.38. The van der Waals surface area contributed by atoms with Crippen molar-refractivity contribution >= 4 is 23.6 Å². The zero-order valence-electron chi connectivity index (χ0n) is 11.3. The van der Waals surface area contributed by atoms with Crippen LogP contribution in [0.25, 0.3) is 0 Å². The molecule has 5 nitrogen and oxygen atoms in total. The van der Waals surface area contributed by atoms with Gasteiger partial charge in [-0.1, -0.05) is 0 Å². The number of nitrogens with zero attached hydrogens (tertiary/aromatic N) is 4. The van der Waals surface area contributed by atoms with Crippen molar-refractivity contribution < 1.29 is 4.79 Å². The van der Waals surface area contributed by atoms with Gasteiger partial charge in [0.2, 0.25) is 5.95 Å². The highest BCUT2D eigenvalue weighted by Crippen LogP contribution is 2.29. The molecule has 2 aliphatic heterocycles. The van der Waals surface area contributed by atoms with E-state index in [9.17, 15) is 4.79 Å². The van der Waals surface area contributed by atoms with Gasteiger partial charge in [0.05, 0.1) is 17.8 Å². The van der Waals surface area contributed by atoms with E-state index in [1.54, 1.807) is 6.20 Å². The molecule has 1 aromatic rings. The van der Waals surface area contributed by atoms with Crippen molar-refractivity contribution in [3.63, 3.8) is 0 Å². The van der Waals surface area contributed by atoms with E-state index >= 15 is 0 Å². The number of hydrogen-bond donors (Lipinski definition) is 0. The Labute approximate surface area is 117 Å². The summed E-state index contributed by atoms with van der Waals surface area (Å²) in [5, 5.41) is 0. The summed E-state index contributed by atoms with van der Waals surface area (Å²) >= 11 is 1.98. The summed E-state index contributed by atoms with van der Waals surface area (Å²) in [6, 6.07) is 0.380. The van der Waals surface area contributed by atoms with Gasteiger partial charge < -0.3 is 9.80 Å². The summed E-state index contributed by atoms with van der Waals surface area (Å²) < 4.78 is 0. The Morgan fingerprint density at radius 2 is 2.11 bits per heavy atom. The van der Waals surface area contributed by atoms with Gasteiger partial charge >= 0.3 is 0 Å². The van der Waals surface area contributed by atoms with Crippen LogP contribution in [0.3, 0.4) is 0 Å². The maximum atomic E-state index is 12.4. The van der Waals surface area contributed by atoms with Gasteiger partial charge in [-0.2, -0.15) is 11.8 Å². The van der Waals surface area contributed by atoms with Crippen LogP contribution < -0.4 is 4.90 Å². The Kier molecular flexibility index (Phi) is 3.35. The SMILES string of the molecule is CN(C)c1ncc2c(n1)CN(C1CCSCC1)C2=O. The lowest BCUT2D eigenvalue weighted by molar-refractivity contribution is 0.0692. The summed E-state index contributed by atoms with van der Waals surface area (Å²) in [7, 11) is 3.82. The maximum Gasteiger partial charge on any atom is 0.257 e. The van der Waals surface area contributed by atoms with E-state index in [4.69, 9.17) is 0 Å². The molecule has 19 heavy (non-hydrogen) atoms. The Hall–Kier alpha value is -1.30. The molecule has 2 aliphatic rings. The number of hydrogen-bond acceptors (Lipinski definition) is 5. The van der Waals surface area contributed by atoms with E-state index in [1.165, 1.54) is 0 Å². The third kappa shape index (κ3) is 2.29. The van der Waals surface area contributed by atoms with Crippen LogP contribution in [0, 0.1) is 0 Å². The van der Waals surface area contributed by atoms with Crippen LogP contribution in [0.2, 0.25) is 0 Å². The molecule has 0 atom stereocenters. The molecule has 1 fully saturated rings. The van der Waals surface area contributed by atoms with E-state index in [0.29, 0.717) is 24.1 Å². The molecule has 0 spiro atoms. The highest BCUT2D eigenvalue weighted by Gasteiger charge is 2.34. The normalized spacial score (nSPS) is 19.7. The zero-order chi connectivity index (χ0) is 13.4. The van der Waals surface area contributed by atoms with E-state index in [-0.39, 0.29) is 5.91 Å². The second-order valence-corrected chi connectivity index (χ2v) is 6.43. The number of anilines is 1. The summed E-state index contributed by atoms with van der Waals surface area (Å²) in [5.74, 6) is 3.09. The highest BCUT2D eigenvalue weighted by molar-refractivity contribution is 7.99. The van der Waals surface area contributed by atoms with Gasteiger partial charge in [-0.05, 0) is 24.3 Å². The van der Waals surface area contributed by atoms with Crippen molar-refractivity contribution in [3.05, 3.63) is 17.5 Å². The molecule has 1 aromatic heterocycles. The lowest BCUT2D eigenvalue weighted by atomic mass is 10.1. The first-order chi connectivity index (χ1) is 9.16. The molecule has 1 amide bonds. The summed E-state index contributed by atoms with van der Waals surface area (Å²) in [6.07, 6.45) is 3.87. The number of fused-ring (bicyclic) bond motifs is 1. The number of rotatable bonds is 2. The fourth-order valence-electron chi connectivity index (χ4n) is 2.60.